The molecule has 0 unspecified atom stereocenters. The molecule has 0 saturated carbocycles. The minimum absolute atomic E-state index is 0.00844. The molecule has 0 bridgehead atoms. The molecule has 1 amide bonds. The number of likely N-dealkylation sites (tertiary alicyclic amines) is 1. The van der Waals surface area contributed by atoms with Crippen molar-refractivity contribution in [3.05, 3.63) is 29.8 Å². The maximum Gasteiger partial charge on any atom is 0.251 e. The normalized spacial score (nSPS) is 16.5. The van der Waals surface area contributed by atoms with Gasteiger partial charge in [-0.3, -0.25) is 4.79 Å². The molecule has 1 fully saturated rings. The van der Waals surface area contributed by atoms with Crippen LogP contribution in [0.4, 0.5) is 5.69 Å². The highest BCUT2D eigenvalue weighted by Crippen LogP contribution is 2.15. The SMILES string of the molecule is CC(C)N1CCC(NC(=O)c2ccc(N=C(N)N)cc2)CC1. The van der Waals surface area contributed by atoms with Crippen LogP contribution in [0.2, 0.25) is 0 Å². The van der Waals surface area contributed by atoms with Crippen molar-refractivity contribution in [3.8, 4) is 0 Å². The van der Waals surface area contributed by atoms with Gasteiger partial charge in [-0.1, -0.05) is 0 Å². The summed E-state index contributed by atoms with van der Waals surface area (Å²) in [5.41, 5.74) is 11.9. The molecule has 0 aromatic heterocycles. The summed E-state index contributed by atoms with van der Waals surface area (Å²) in [5, 5.41) is 3.10. The fourth-order valence-electron chi connectivity index (χ4n) is 2.67. The van der Waals surface area contributed by atoms with Gasteiger partial charge in [-0.25, -0.2) is 4.99 Å². The number of carbonyl (C=O) groups is 1. The minimum atomic E-state index is -0.0424. The van der Waals surface area contributed by atoms with E-state index in [4.69, 9.17) is 11.5 Å². The second kappa shape index (κ2) is 7.26. The lowest BCUT2D eigenvalue weighted by Crippen LogP contribution is -2.46. The van der Waals surface area contributed by atoms with E-state index < -0.39 is 0 Å². The van der Waals surface area contributed by atoms with Gasteiger partial charge in [0.2, 0.25) is 0 Å². The Morgan fingerprint density at radius 2 is 1.82 bits per heavy atom. The number of nitrogens with zero attached hydrogens (tertiary/aromatic N) is 2. The van der Waals surface area contributed by atoms with Crippen LogP contribution in [-0.2, 0) is 0 Å². The maximum absolute atomic E-state index is 12.3. The van der Waals surface area contributed by atoms with Gasteiger partial charge in [0.25, 0.3) is 5.91 Å². The van der Waals surface area contributed by atoms with E-state index in [-0.39, 0.29) is 17.9 Å². The van der Waals surface area contributed by atoms with Gasteiger partial charge in [0.05, 0.1) is 5.69 Å². The number of hydrogen-bond acceptors (Lipinski definition) is 3. The number of nitrogens with one attached hydrogen (secondary N) is 1. The number of hydrogen-bond donors (Lipinski definition) is 3. The van der Waals surface area contributed by atoms with Gasteiger partial charge < -0.3 is 21.7 Å². The molecule has 0 atom stereocenters. The zero-order valence-corrected chi connectivity index (χ0v) is 13.2. The van der Waals surface area contributed by atoms with Crippen molar-refractivity contribution in [2.45, 2.75) is 38.8 Å². The third kappa shape index (κ3) is 4.46. The molecule has 1 aliphatic heterocycles. The monoisotopic (exact) mass is 303 g/mol. The molecular formula is C16H25N5O. The molecule has 1 aromatic rings. The second-order valence-electron chi connectivity index (χ2n) is 5.96. The first-order valence-corrected chi connectivity index (χ1v) is 7.70. The number of amides is 1. The number of carbonyl (C=O) groups excluding carboxylic acids is 1. The number of benzene rings is 1. The van der Waals surface area contributed by atoms with Crippen LogP contribution in [0.3, 0.4) is 0 Å². The first-order chi connectivity index (χ1) is 10.5. The van der Waals surface area contributed by atoms with E-state index >= 15 is 0 Å². The molecule has 0 spiro atoms. The Bertz CT molecular complexity index is 526. The van der Waals surface area contributed by atoms with Crippen LogP contribution in [0.5, 0.6) is 0 Å². The summed E-state index contributed by atoms with van der Waals surface area (Å²) in [4.78, 5) is 18.6. The lowest BCUT2D eigenvalue weighted by Gasteiger charge is -2.34. The molecular weight excluding hydrogens is 278 g/mol. The van der Waals surface area contributed by atoms with Gasteiger partial charge in [-0.15, -0.1) is 0 Å². The van der Waals surface area contributed by atoms with Crippen molar-refractivity contribution in [1.82, 2.24) is 10.2 Å². The van der Waals surface area contributed by atoms with Crippen molar-refractivity contribution in [3.63, 3.8) is 0 Å². The Morgan fingerprint density at radius 3 is 2.32 bits per heavy atom. The molecule has 1 heterocycles. The summed E-state index contributed by atoms with van der Waals surface area (Å²) in [5.74, 6) is -0.0339. The number of aliphatic imine (C=N–C) groups is 1. The van der Waals surface area contributed by atoms with Crippen LogP contribution in [0.25, 0.3) is 0 Å². The Kier molecular flexibility index (Phi) is 5.38. The van der Waals surface area contributed by atoms with E-state index in [1.165, 1.54) is 0 Å². The van der Waals surface area contributed by atoms with Gasteiger partial charge >= 0.3 is 0 Å². The third-order valence-electron chi connectivity index (χ3n) is 3.98. The lowest BCUT2D eigenvalue weighted by molar-refractivity contribution is 0.0900. The summed E-state index contributed by atoms with van der Waals surface area (Å²) in [6, 6.07) is 7.76. The number of piperidine rings is 1. The van der Waals surface area contributed by atoms with Gasteiger partial charge in [0, 0.05) is 30.7 Å². The zero-order chi connectivity index (χ0) is 16.1. The molecule has 1 saturated heterocycles. The quantitative estimate of drug-likeness (QED) is 0.575. The van der Waals surface area contributed by atoms with E-state index in [0.717, 1.165) is 25.9 Å². The van der Waals surface area contributed by atoms with E-state index in [2.05, 4.69) is 29.1 Å². The van der Waals surface area contributed by atoms with E-state index in [1.807, 2.05) is 0 Å². The topological polar surface area (TPSA) is 96.7 Å². The average molecular weight is 303 g/mol. The van der Waals surface area contributed by atoms with Crippen LogP contribution in [0.15, 0.2) is 29.3 Å². The Hall–Kier alpha value is -2.08. The van der Waals surface area contributed by atoms with E-state index in [0.29, 0.717) is 17.3 Å². The van der Waals surface area contributed by atoms with Crippen LogP contribution < -0.4 is 16.8 Å². The molecule has 6 heteroatoms. The van der Waals surface area contributed by atoms with Crippen LogP contribution in [0.1, 0.15) is 37.0 Å². The first kappa shape index (κ1) is 16.3. The minimum Gasteiger partial charge on any atom is -0.370 e. The molecule has 22 heavy (non-hydrogen) atoms. The molecule has 2 rings (SSSR count). The summed E-state index contributed by atoms with van der Waals surface area (Å²) < 4.78 is 0. The molecule has 6 nitrogen and oxygen atoms in total. The lowest BCUT2D eigenvalue weighted by atomic mass is 10.0. The third-order valence-corrected chi connectivity index (χ3v) is 3.98. The average Bonchev–Trinajstić information content (AvgIpc) is 2.48. The van der Waals surface area contributed by atoms with Gasteiger partial charge in [-0.05, 0) is 51.0 Å². The number of guanidine groups is 1. The smallest absolute Gasteiger partial charge is 0.251 e. The van der Waals surface area contributed by atoms with Gasteiger partial charge in [-0.2, -0.15) is 0 Å². The Morgan fingerprint density at radius 1 is 1.23 bits per heavy atom. The molecule has 5 N–H and O–H groups in total. The van der Waals surface area contributed by atoms with Crippen molar-refractivity contribution < 1.29 is 4.79 Å². The summed E-state index contributed by atoms with van der Waals surface area (Å²) in [6.07, 6.45) is 1.99. The van der Waals surface area contributed by atoms with Crippen LogP contribution in [-0.4, -0.2) is 41.9 Å². The van der Waals surface area contributed by atoms with Crippen molar-refractivity contribution in [2.24, 2.45) is 16.5 Å². The largest absolute Gasteiger partial charge is 0.370 e. The second-order valence-corrected chi connectivity index (χ2v) is 5.96. The molecule has 1 aliphatic rings. The summed E-state index contributed by atoms with van der Waals surface area (Å²) >= 11 is 0. The predicted molar refractivity (Wildman–Crippen MR) is 89.1 cm³/mol. The van der Waals surface area contributed by atoms with Crippen molar-refractivity contribution >= 4 is 17.6 Å². The van der Waals surface area contributed by atoms with Crippen LogP contribution in [0, 0.1) is 0 Å². The summed E-state index contributed by atoms with van der Waals surface area (Å²) in [7, 11) is 0. The summed E-state index contributed by atoms with van der Waals surface area (Å²) in [6.45, 7) is 6.48. The fourth-order valence-corrected chi connectivity index (χ4v) is 2.67. The molecule has 0 aliphatic carbocycles. The van der Waals surface area contributed by atoms with Crippen LogP contribution >= 0.6 is 0 Å². The molecule has 1 aromatic carbocycles. The highest BCUT2D eigenvalue weighted by Gasteiger charge is 2.22. The highest BCUT2D eigenvalue weighted by molar-refractivity contribution is 5.94. The number of rotatable bonds is 4. The van der Waals surface area contributed by atoms with Gasteiger partial charge in [0.15, 0.2) is 5.96 Å². The molecule has 120 valence electrons. The Labute approximate surface area is 131 Å². The standard InChI is InChI=1S/C16H25N5O/c1-11(2)21-9-7-14(8-10-21)19-15(22)12-3-5-13(6-4-12)20-16(17)18/h3-6,11,14H,7-10H2,1-2H3,(H,19,22)(H4,17,18,20). The maximum atomic E-state index is 12.3. The predicted octanol–water partition coefficient (Wildman–Crippen LogP) is 1.19. The number of nitrogens with two attached hydrogens (primary N) is 2. The van der Waals surface area contributed by atoms with E-state index in [9.17, 15) is 4.79 Å². The van der Waals surface area contributed by atoms with E-state index in [1.54, 1.807) is 24.3 Å². The molecule has 0 radical (unpaired) electrons. The highest BCUT2D eigenvalue weighted by atomic mass is 16.1. The zero-order valence-electron chi connectivity index (χ0n) is 13.2. The fraction of sp³-hybridized carbons (Fsp3) is 0.500. The van der Waals surface area contributed by atoms with Gasteiger partial charge in [0.1, 0.15) is 0 Å². The van der Waals surface area contributed by atoms with Crippen molar-refractivity contribution in [1.29, 1.82) is 0 Å². The van der Waals surface area contributed by atoms with Crippen molar-refractivity contribution in [2.75, 3.05) is 13.1 Å². The first-order valence-electron chi connectivity index (χ1n) is 7.70. The Balaban J connectivity index is 1.89.